The van der Waals surface area contributed by atoms with Crippen molar-refractivity contribution in [1.82, 2.24) is 0 Å². The Kier molecular flexibility index (Phi) is 14.5. The van der Waals surface area contributed by atoms with Gasteiger partial charge in [-0.25, -0.2) is 0 Å². The van der Waals surface area contributed by atoms with E-state index in [9.17, 15) is 0 Å². The average molecular weight is 691 g/mol. The highest BCUT2D eigenvalue weighted by molar-refractivity contribution is 5.72. The maximum Gasteiger partial charge on any atom is 0.163 e. The molecule has 0 saturated carbocycles. The van der Waals surface area contributed by atoms with Gasteiger partial charge in [0.2, 0.25) is 0 Å². The molecule has 0 fully saturated rings. The minimum Gasteiger partial charge on any atom is -0.487 e. The van der Waals surface area contributed by atoms with E-state index >= 15 is 0 Å². The molecule has 4 heterocycles. The van der Waals surface area contributed by atoms with E-state index in [1.54, 1.807) is 0 Å². The lowest BCUT2D eigenvalue weighted by molar-refractivity contribution is -0.00842. The van der Waals surface area contributed by atoms with Crippen LogP contribution >= 0.6 is 0 Å². The van der Waals surface area contributed by atoms with Crippen molar-refractivity contribution in [2.75, 3.05) is 149 Å². The maximum atomic E-state index is 6.23. The van der Waals surface area contributed by atoms with Gasteiger partial charge in [0.05, 0.1) is 112 Å². The van der Waals surface area contributed by atoms with E-state index in [1.807, 2.05) is 0 Å². The molecule has 49 heavy (non-hydrogen) atoms. The molecule has 0 radical (unpaired) electrons. The SMILES string of the molecule is c1c2c(cc3c1OCCOCCOCCOCCOCCO3)N1Cc3cc4c(cc3N(C2)C1)OCCOCCOCCOCCOCCO4. The van der Waals surface area contributed by atoms with E-state index in [1.165, 1.54) is 0 Å². The van der Waals surface area contributed by atoms with Crippen molar-refractivity contribution < 1.29 is 56.8 Å². The first kappa shape index (κ1) is 35.7. The zero-order chi connectivity index (χ0) is 33.4. The van der Waals surface area contributed by atoms with Gasteiger partial charge in [-0.15, -0.1) is 0 Å². The summed E-state index contributed by atoms with van der Waals surface area (Å²) in [6.07, 6.45) is 0. The second kappa shape index (κ2) is 19.9. The molecule has 4 aliphatic rings. The lowest BCUT2D eigenvalue weighted by Gasteiger charge is -2.45. The molecule has 2 bridgehead atoms. The van der Waals surface area contributed by atoms with Gasteiger partial charge in [0.15, 0.2) is 23.0 Å². The van der Waals surface area contributed by atoms with Crippen LogP contribution in [0.1, 0.15) is 11.1 Å². The van der Waals surface area contributed by atoms with Crippen molar-refractivity contribution in [2.24, 2.45) is 0 Å². The molecule has 2 aromatic rings. The monoisotopic (exact) mass is 690 g/mol. The third-order valence-electron chi connectivity index (χ3n) is 8.21. The molecule has 0 aromatic heterocycles. The molecular formula is C35H50N2O12. The Labute approximate surface area is 288 Å². The van der Waals surface area contributed by atoms with E-state index < -0.39 is 0 Å². The van der Waals surface area contributed by atoms with Gasteiger partial charge in [-0.05, 0) is 23.3 Å². The van der Waals surface area contributed by atoms with Crippen LogP contribution in [-0.2, 0) is 51.0 Å². The largest absolute Gasteiger partial charge is 0.487 e. The number of hydrogen-bond acceptors (Lipinski definition) is 14. The highest BCUT2D eigenvalue weighted by Gasteiger charge is 2.32. The van der Waals surface area contributed by atoms with E-state index in [-0.39, 0.29) is 0 Å². The Balaban J connectivity index is 1.16. The summed E-state index contributed by atoms with van der Waals surface area (Å²) < 4.78 is 69.9. The summed E-state index contributed by atoms with van der Waals surface area (Å²) in [6.45, 7) is 11.6. The molecule has 14 nitrogen and oxygen atoms in total. The van der Waals surface area contributed by atoms with Gasteiger partial charge in [0.25, 0.3) is 0 Å². The molecule has 0 atom stereocenters. The van der Waals surface area contributed by atoms with E-state index in [4.69, 9.17) is 56.8 Å². The van der Waals surface area contributed by atoms with Crippen molar-refractivity contribution in [3.05, 3.63) is 35.4 Å². The summed E-state index contributed by atoms with van der Waals surface area (Å²) >= 11 is 0. The Morgan fingerprint density at radius 2 is 0.551 bits per heavy atom. The standard InChI is InChI=1S/C35H50N2O12/c1-3-40-7-11-44-15-19-48-34-23-30-28(21-32(34)46-17-13-42-9-5-38-1)25-36-27-37(30)26-29-22-33-35(24-31(29)36)49-20-16-45-12-8-41-4-2-39-6-10-43-14-18-47-33/h21-24H,1-20,25-27H2. The highest BCUT2D eigenvalue weighted by atomic mass is 16.6. The second-order valence-corrected chi connectivity index (χ2v) is 11.7. The maximum absolute atomic E-state index is 6.23. The number of nitrogens with zero attached hydrogens (tertiary/aromatic N) is 2. The highest BCUT2D eigenvalue weighted by Crippen LogP contribution is 2.45. The van der Waals surface area contributed by atoms with Crippen molar-refractivity contribution in [3.8, 4) is 23.0 Å². The number of anilines is 2. The predicted molar refractivity (Wildman–Crippen MR) is 179 cm³/mol. The third-order valence-corrected chi connectivity index (χ3v) is 8.21. The zero-order valence-electron chi connectivity index (χ0n) is 28.4. The first-order valence-electron chi connectivity index (χ1n) is 17.3. The first-order chi connectivity index (χ1) is 24.3. The average Bonchev–Trinajstić information content (AvgIpc) is 3.11. The molecule has 4 aliphatic heterocycles. The van der Waals surface area contributed by atoms with Crippen LogP contribution in [0.2, 0.25) is 0 Å². The Hall–Kier alpha value is -3.08. The number of ether oxygens (including phenoxy) is 12. The molecule has 0 unspecified atom stereocenters. The lowest BCUT2D eigenvalue weighted by Crippen LogP contribution is -2.46. The third kappa shape index (κ3) is 11.0. The van der Waals surface area contributed by atoms with E-state index in [0.717, 1.165) is 29.2 Å². The molecule has 6 rings (SSSR count). The van der Waals surface area contributed by atoms with Crippen LogP contribution in [0.3, 0.4) is 0 Å². The molecule has 0 saturated heterocycles. The molecule has 0 spiro atoms. The lowest BCUT2D eigenvalue weighted by atomic mass is 10.0. The number of hydrogen-bond donors (Lipinski definition) is 0. The van der Waals surface area contributed by atoms with Crippen molar-refractivity contribution >= 4 is 11.4 Å². The Morgan fingerprint density at radius 3 is 0.837 bits per heavy atom. The summed E-state index contributed by atoms with van der Waals surface area (Å²) in [5, 5.41) is 0. The fourth-order valence-electron chi connectivity index (χ4n) is 5.88. The quantitative estimate of drug-likeness (QED) is 0.403. The number of rotatable bonds is 0. The van der Waals surface area contributed by atoms with Crippen LogP contribution in [0, 0.1) is 0 Å². The van der Waals surface area contributed by atoms with Gasteiger partial charge < -0.3 is 66.6 Å². The van der Waals surface area contributed by atoms with Crippen LogP contribution in [-0.4, -0.2) is 139 Å². The smallest absolute Gasteiger partial charge is 0.163 e. The number of benzene rings is 2. The second-order valence-electron chi connectivity index (χ2n) is 11.7. The molecule has 272 valence electrons. The molecular weight excluding hydrogens is 640 g/mol. The van der Waals surface area contributed by atoms with Gasteiger partial charge in [0.1, 0.15) is 26.4 Å². The Bertz CT molecular complexity index is 1190. The van der Waals surface area contributed by atoms with Gasteiger partial charge >= 0.3 is 0 Å². The molecule has 14 heteroatoms. The summed E-state index contributed by atoms with van der Waals surface area (Å²) in [4.78, 5) is 4.70. The minimum atomic E-state index is 0.392. The fraction of sp³-hybridized carbons (Fsp3) is 0.657. The zero-order valence-corrected chi connectivity index (χ0v) is 28.4. The van der Waals surface area contributed by atoms with Crippen molar-refractivity contribution in [1.29, 1.82) is 0 Å². The minimum absolute atomic E-state index is 0.392. The van der Waals surface area contributed by atoms with Gasteiger partial charge in [-0.1, -0.05) is 0 Å². The van der Waals surface area contributed by atoms with Gasteiger partial charge in [0, 0.05) is 36.6 Å². The summed E-state index contributed by atoms with van der Waals surface area (Å²) in [7, 11) is 0. The van der Waals surface area contributed by atoms with Crippen LogP contribution in [0.25, 0.3) is 0 Å². The molecule has 0 aliphatic carbocycles. The van der Waals surface area contributed by atoms with E-state index in [0.29, 0.717) is 168 Å². The molecule has 0 amide bonds. The first-order valence-corrected chi connectivity index (χ1v) is 17.3. The van der Waals surface area contributed by atoms with Crippen molar-refractivity contribution in [2.45, 2.75) is 13.1 Å². The summed E-state index contributed by atoms with van der Waals surface area (Å²) in [5.41, 5.74) is 4.53. The Morgan fingerprint density at radius 1 is 0.306 bits per heavy atom. The van der Waals surface area contributed by atoms with Gasteiger partial charge in [-0.3, -0.25) is 0 Å². The normalized spacial score (nSPS) is 21.6. The van der Waals surface area contributed by atoms with Crippen molar-refractivity contribution in [3.63, 3.8) is 0 Å². The van der Waals surface area contributed by atoms with Crippen LogP contribution in [0.5, 0.6) is 23.0 Å². The number of fused-ring (bicyclic) bond motifs is 8. The summed E-state index contributed by atoms with van der Waals surface area (Å²) in [6, 6.07) is 8.35. The summed E-state index contributed by atoms with van der Waals surface area (Å²) in [5.74, 6) is 2.73. The van der Waals surface area contributed by atoms with E-state index in [2.05, 4.69) is 34.1 Å². The fourth-order valence-corrected chi connectivity index (χ4v) is 5.88. The predicted octanol–water partition coefficient (Wildman–Crippen LogP) is 2.66. The van der Waals surface area contributed by atoms with Crippen LogP contribution in [0.15, 0.2) is 24.3 Å². The van der Waals surface area contributed by atoms with Crippen LogP contribution in [0.4, 0.5) is 11.4 Å². The van der Waals surface area contributed by atoms with Gasteiger partial charge in [-0.2, -0.15) is 0 Å². The molecule has 0 N–H and O–H groups in total. The van der Waals surface area contributed by atoms with Crippen LogP contribution < -0.4 is 28.7 Å². The topological polar surface area (TPSA) is 117 Å². The molecule has 2 aromatic carbocycles.